The number of nitrogens with zero attached hydrogens (tertiary/aromatic N) is 6. The second kappa shape index (κ2) is 14.3. The number of piperazine rings is 2. The molecule has 0 radical (unpaired) electrons. The molecule has 2 rings (SSSR count). The number of likely N-dealkylation sites (N-methyl/N-ethyl adjacent to an activating group) is 2. The molecule has 2 fully saturated rings. The van der Waals surface area contributed by atoms with Crippen LogP contribution >= 0.6 is 22.9 Å². The van der Waals surface area contributed by atoms with E-state index < -0.39 is 11.7 Å². The van der Waals surface area contributed by atoms with Gasteiger partial charge in [-0.05, 0) is 40.6 Å². The standard InChI is InChI=1S/C23H40FIN6O2/c1-20(28-16-18-30(19-17-28)23(33)21(24)8-10-26(2)3)7-11-31(25)9-5-6-22(32)29-14-12-27(4)13-15-29/h5-6,8,20H,7,9-19H2,1-4H3/b6-5+,21-8-. The lowest BCUT2D eigenvalue weighted by atomic mass is 10.1. The monoisotopic (exact) mass is 578 g/mol. The molecule has 2 aliphatic rings. The first kappa shape index (κ1) is 28.2. The second-order valence-corrected chi connectivity index (χ2v) is 10.5. The smallest absolute Gasteiger partial charge is 0.282 e. The van der Waals surface area contributed by atoms with Crippen molar-refractivity contribution in [2.45, 2.75) is 19.4 Å². The molecule has 1 unspecified atom stereocenters. The van der Waals surface area contributed by atoms with Crippen molar-refractivity contribution in [3.05, 3.63) is 24.1 Å². The molecule has 2 heterocycles. The van der Waals surface area contributed by atoms with E-state index in [-0.39, 0.29) is 5.91 Å². The number of hydrogen-bond acceptors (Lipinski definition) is 6. The third kappa shape index (κ3) is 9.97. The summed E-state index contributed by atoms with van der Waals surface area (Å²) in [4.78, 5) is 34.5. The summed E-state index contributed by atoms with van der Waals surface area (Å²) in [5.74, 6) is -1.06. The minimum absolute atomic E-state index is 0.0988. The fourth-order valence-electron chi connectivity index (χ4n) is 3.87. The van der Waals surface area contributed by atoms with E-state index in [9.17, 15) is 14.0 Å². The maximum Gasteiger partial charge on any atom is 0.282 e. The Morgan fingerprint density at radius 2 is 1.61 bits per heavy atom. The maximum absolute atomic E-state index is 14.1. The Balaban J connectivity index is 1.65. The van der Waals surface area contributed by atoms with E-state index in [2.05, 4.69) is 49.7 Å². The minimum Gasteiger partial charge on any atom is -0.337 e. The molecule has 0 bridgehead atoms. The van der Waals surface area contributed by atoms with Gasteiger partial charge in [0.1, 0.15) is 0 Å². The van der Waals surface area contributed by atoms with E-state index in [1.54, 1.807) is 11.0 Å². The minimum atomic E-state index is -0.662. The highest BCUT2D eigenvalue weighted by atomic mass is 127. The summed E-state index contributed by atoms with van der Waals surface area (Å²) in [6.07, 6.45) is 5.98. The summed E-state index contributed by atoms with van der Waals surface area (Å²) in [7, 11) is 5.77. The summed E-state index contributed by atoms with van der Waals surface area (Å²) in [6.45, 7) is 10.3. The molecule has 2 amide bonds. The predicted molar refractivity (Wildman–Crippen MR) is 139 cm³/mol. The second-order valence-electron chi connectivity index (χ2n) is 9.18. The molecule has 0 N–H and O–H groups in total. The molecule has 0 saturated carbocycles. The highest BCUT2D eigenvalue weighted by Crippen LogP contribution is 2.14. The van der Waals surface area contributed by atoms with Crippen molar-refractivity contribution in [3.63, 3.8) is 0 Å². The van der Waals surface area contributed by atoms with Gasteiger partial charge < -0.3 is 19.6 Å². The zero-order valence-corrected chi connectivity index (χ0v) is 22.7. The van der Waals surface area contributed by atoms with Crippen LogP contribution in [0.2, 0.25) is 0 Å². The van der Waals surface area contributed by atoms with Crippen molar-refractivity contribution in [2.24, 2.45) is 0 Å². The first-order valence-corrected chi connectivity index (χ1v) is 12.7. The summed E-state index contributed by atoms with van der Waals surface area (Å²) >= 11 is 2.31. The van der Waals surface area contributed by atoms with Crippen LogP contribution in [0.15, 0.2) is 24.1 Å². The SMILES string of the molecule is CC(CCN(I)C/C=C/C(=O)N1CCN(C)CC1)N1CCN(C(=O)/C(F)=C/CN(C)C)CC1. The van der Waals surface area contributed by atoms with Gasteiger partial charge in [-0.2, -0.15) is 0 Å². The maximum atomic E-state index is 14.1. The lowest BCUT2D eigenvalue weighted by Crippen LogP contribution is -2.51. The average molecular weight is 579 g/mol. The predicted octanol–water partition coefficient (Wildman–Crippen LogP) is 1.31. The number of amides is 2. The number of halogens is 2. The van der Waals surface area contributed by atoms with Crippen molar-refractivity contribution in [1.29, 1.82) is 0 Å². The van der Waals surface area contributed by atoms with Crippen molar-refractivity contribution in [3.8, 4) is 0 Å². The fourth-order valence-corrected chi connectivity index (χ4v) is 4.37. The first-order chi connectivity index (χ1) is 15.7. The van der Waals surface area contributed by atoms with Crippen LogP contribution in [-0.2, 0) is 9.59 Å². The molecular formula is C23H40FIN6O2. The van der Waals surface area contributed by atoms with Crippen LogP contribution in [0.5, 0.6) is 0 Å². The summed E-state index contributed by atoms with van der Waals surface area (Å²) in [5.41, 5.74) is 0. The lowest BCUT2D eigenvalue weighted by Gasteiger charge is -2.38. The van der Waals surface area contributed by atoms with Gasteiger partial charge in [-0.15, -0.1) is 0 Å². The van der Waals surface area contributed by atoms with Crippen molar-refractivity contribution in [2.75, 3.05) is 93.1 Å². The van der Waals surface area contributed by atoms with E-state index in [1.807, 2.05) is 30.0 Å². The molecule has 0 aliphatic carbocycles. The van der Waals surface area contributed by atoms with E-state index in [0.717, 1.165) is 58.8 Å². The largest absolute Gasteiger partial charge is 0.337 e. The van der Waals surface area contributed by atoms with Crippen molar-refractivity contribution >= 4 is 34.7 Å². The summed E-state index contributed by atoms with van der Waals surface area (Å²) in [6, 6.07) is 0.379. The van der Waals surface area contributed by atoms with Gasteiger partial charge in [-0.1, -0.05) is 6.08 Å². The molecule has 10 heteroatoms. The molecule has 0 aromatic carbocycles. The lowest BCUT2D eigenvalue weighted by molar-refractivity contribution is -0.130. The van der Waals surface area contributed by atoms with Crippen LogP contribution in [0, 0.1) is 0 Å². The van der Waals surface area contributed by atoms with Gasteiger partial charge in [0, 0.05) is 107 Å². The zero-order chi connectivity index (χ0) is 24.4. The van der Waals surface area contributed by atoms with Gasteiger partial charge in [0.15, 0.2) is 5.83 Å². The third-order valence-electron chi connectivity index (χ3n) is 6.23. The molecule has 1 atom stereocenters. The number of carbonyl (C=O) groups is 2. The Labute approximate surface area is 212 Å². The normalized spacial score (nSPS) is 20.3. The van der Waals surface area contributed by atoms with Gasteiger partial charge >= 0.3 is 0 Å². The zero-order valence-electron chi connectivity index (χ0n) is 20.6. The van der Waals surface area contributed by atoms with Crippen molar-refractivity contribution in [1.82, 2.24) is 27.6 Å². The summed E-state index contributed by atoms with van der Waals surface area (Å²) in [5, 5.41) is 0. The Kier molecular flexibility index (Phi) is 12.2. The molecule has 0 aromatic rings. The van der Waals surface area contributed by atoms with Crippen molar-refractivity contribution < 1.29 is 14.0 Å². The molecule has 2 aliphatic heterocycles. The Hall–Kier alpha value is -1.08. The number of rotatable bonds is 10. The van der Waals surface area contributed by atoms with Crippen LogP contribution in [0.25, 0.3) is 0 Å². The van der Waals surface area contributed by atoms with Crippen LogP contribution < -0.4 is 0 Å². The van der Waals surface area contributed by atoms with E-state index in [1.165, 1.54) is 6.08 Å². The molecule has 8 nitrogen and oxygen atoms in total. The third-order valence-corrected chi connectivity index (χ3v) is 7.11. The molecule has 188 valence electrons. The summed E-state index contributed by atoms with van der Waals surface area (Å²) < 4.78 is 16.3. The van der Waals surface area contributed by atoms with Gasteiger partial charge in [0.05, 0.1) is 0 Å². The van der Waals surface area contributed by atoms with Gasteiger partial charge in [-0.3, -0.25) is 14.5 Å². The topological polar surface area (TPSA) is 53.6 Å². The molecule has 0 spiro atoms. The number of hydrogen-bond donors (Lipinski definition) is 0. The first-order valence-electron chi connectivity index (χ1n) is 11.8. The van der Waals surface area contributed by atoms with Crippen LogP contribution in [0.1, 0.15) is 13.3 Å². The molecule has 2 saturated heterocycles. The number of carbonyl (C=O) groups excluding carboxylic acids is 2. The van der Waals surface area contributed by atoms with E-state index in [4.69, 9.17) is 0 Å². The Morgan fingerprint density at radius 3 is 2.21 bits per heavy atom. The quantitative estimate of drug-likeness (QED) is 0.222. The van der Waals surface area contributed by atoms with Gasteiger partial charge in [-0.25, -0.2) is 7.50 Å². The van der Waals surface area contributed by atoms with Crippen LogP contribution in [0.4, 0.5) is 4.39 Å². The van der Waals surface area contributed by atoms with Crippen LogP contribution in [0.3, 0.4) is 0 Å². The average Bonchev–Trinajstić information content (AvgIpc) is 2.80. The van der Waals surface area contributed by atoms with Gasteiger partial charge in [0.25, 0.3) is 5.91 Å². The Bertz CT molecular complexity index is 688. The highest BCUT2D eigenvalue weighted by Gasteiger charge is 2.26. The molecular weight excluding hydrogens is 538 g/mol. The van der Waals surface area contributed by atoms with Crippen LogP contribution in [-0.4, -0.2) is 139 Å². The molecule has 0 aromatic heterocycles. The van der Waals surface area contributed by atoms with E-state index >= 15 is 0 Å². The van der Waals surface area contributed by atoms with Gasteiger partial charge in [0.2, 0.25) is 5.91 Å². The fraction of sp³-hybridized carbons (Fsp3) is 0.739. The Morgan fingerprint density at radius 1 is 1.00 bits per heavy atom. The van der Waals surface area contributed by atoms with E-state index in [0.29, 0.717) is 25.7 Å². The highest BCUT2D eigenvalue weighted by molar-refractivity contribution is 14.1. The molecule has 33 heavy (non-hydrogen) atoms.